The molecular weight excluding hydrogens is 282 g/mol. The van der Waals surface area contributed by atoms with Crippen LogP contribution in [-0.2, 0) is 9.53 Å². The molecule has 0 heterocycles. The van der Waals surface area contributed by atoms with Gasteiger partial charge in [-0.05, 0) is 30.7 Å². The third-order valence-corrected chi connectivity index (χ3v) is 2.63. The van der Waals surface area contributed by atoms with E-state index in [1.807, 2.05) is 31.2 Å². The van der Waals surface area contributed by atoms with E-state index < -0.39 is 0 Å². The lowest BCUT2D eigenvalue weighted by Crippen LogP contribution is -2.34. The van der Waals surface area contributed by atoms with E-state index in [4.69, 9.17) is 4.74 Å². The zero-order valence-electron chi connectivity index (χ0n) is 9.94. The lowest BCUT2D eigenvalue weighted by atomic mass is 10.2. The smallest absolute Gasteiger partial charge is 0.244 e. The van der Waals surface area contributed by atoms with Gasteiger partial charge in [-0.2, -0.15) is 0 Å². The molecule has 0 radical (unpaired) electrons. The maximum absolute atomic E-state index is 11.5. The second kappa shape index (κ2) is 7.25. The molecule has 0 unspecified atom stereocenters. The maximum atomic E-state index is 11.5. The first-order valence-electron chi connectivity index (χ1n) is 5.35. The Labute approximate surface area is 110 Å². The summed E-state index contributed by atoms with van der Waals surface area (Å²) in [5.41, 5.74) is 0.989. The first-order chi connectivity index (χ1) is 8.11. The van der Waals surface area contributed by atoms with Crippen molar-refractivity contribution in [1.82, 2.24) is 5.32 Å². The lowest BCUT2D eigenvalue weighted by Gasteiger charge is -2.10. The number of amides is 1. The van der Waals surface area contributed by atoms with Gasteiger partial charge < -0.3 is 10.1 Å². The van der Waals surface area contributed by atoms with Crippen LogP contribution >= 0.6 is 15.9 Å². The molecule has 0 fully saturated rings. The van der Waals surface area contributed by atoms with E-state index in [-0.39, 0.29) is 11.9 Å². The number of hydrogen-bond donors (Lipinski definition) is 1. The van der Waals surface area contributed by atoms with Gasteiger partial charge >= 0.3 is 0 Å². The minimum absolute atomic E-state index is 0.0158. The highest BCUT2D eigenvalue weighted by Gasteiger charge is 2.02. The van der Waals surface area contributed by atoms with Gasteiger partial charge in [0.1, 0.15) is 0 Å². The molecule has 3 nitrogen and oxygen atoms in total. The molecule has 92 valence electrons. The summed E-state index contributed by atoms with van der Waals surface area (Å²) in [5, 5.41) is 2.80. The molecule has 1 rings (SSSR count). The summed E-state index contributed by atoms with van der Waals surface area (Å²) in [6, 6.07) is 7.76. The predicted octanol–water partition coefficient (Wildman–Crippen LogP) is 2.61. The van der Waals surface area contributed by atoms with E-state index in [1.54, 1.807) is 13.2 Å². The van der Waals surface area contributed by atoms with Crippen molar-refractivity contribution in [3.8, 4) is 0 Å². The van der Waals surface area contributed by atoms with Gasteiger partial charge in [-0.25, -0.2) is 0 Å². The number of ether oxygens (including phenoxy) is 1. The molecule has 1 N–H and O–H groups in total. The van der Waals surface area contributed by atoms with Gasteiger partial charge in [0, 0.05) is 23.7 Å². The number of nitrogens with one attached hydrogen (secondary N) is 1. The van der Waals surface area contributed by atoms with E-state index in [2.05, 4.69) is 21.2 Å². The van der Waals surface area contributed by atoms with E-state index in [9.17, 15) is 4.79 Å². The Hall–Kier alpha value is -1.13. The molecule has 1 amide bonds. The second-order valence-electron chi connectivity index (χ2n) is 3.75. The Morgan fingerprint density at radius 3 is 2.71 bits per heavy atom. The molecule has 4 heteroatoms. The van der Waals surface area contributed by atoms with Gasteiger partial charge in [-0.1, -0.05) is 28.1 Å². The predicted molar refractivity (Wildman–Crippen MR) is 72.7 cm³/mol. The average Bonchev–Trinajstić information content (AvgIpc) is 2.28. The van der Waals surface area contributed by atoms with Crippen molar-refractivity contribution in [2.75, 3.05) is 13.7 Å². The number of hydrogen-bond acceptors (Lipinski definition) is 2. The molecule has 0 aliphatic carbocycles. The van der Waals surface area contributed by atoms with E-state index >= 15 is 0 Å². The fraction of sp³-hybridized carbons (Fsp3) is 0.308. The first-order valence-corrected chi connectivity index (χ1v) is 6.14. The summed E-state index contributed by atoms with van der Waals surface area (Å²) in [7, 11) is 1.61. The number of halogens is 1. The van der Waals surface area contributed by atoms with E-state index in [0.717, 1.165) is 10.0 Å². The molecule has 1 atom stereocenters. The van der Waals surface area contributed by atoms with Gasteiger partial charge in [0.05, 0.1) is 6.61 Å². The summed E-state index contributed by atoms with van der Waals surface area (Å²) >= 11 is 3.36. The Balaban J connectivity index is 2.47. The Kier molecular flexibility index (Phi) is 5.94. The summed E-state index contributed by atoms with van der Waals surface area (Å²) in [6.07, 6.45) is 3.30. The van der Waals surface area contributed by atoms with Crippen molar-refractivity contribution in [3.05, 3.63) is 40.4 Å². The fourth-order valence-corrected chi connectivity index (χ4v) is 1.59. The highest BCUT2D eigenvalue weighted by molar-refractivity contribution is 9.10. The third kappa shape index (κ3) is 5.65. The van der Waals surface area contributed by atoms with Crippen LogP contribution in [0, 0.1) is 0 Å². The van der Waals surface area contributed by atoms with Gasteiger partial charge in [-0.15, -0.1) is 0 Å². The van der Waals surface area contributed by atoms with Crippen molar-refractivity contribution in [1.29, 1.82) is 0 Å². The molecule has 0 aromatic heterocycles. The summed E-state index contributed by atoms with van der Waals surface area (Å²) < 4.78 is 5.96. The van der Waals surface area contributed by atoms with Crippen LogP contribution in [0.5, 0.6) is 0 Å². The van der Waals surface area contributed by atoms with Crippen LogP contribution in [0.1, 0.15) is 12.5 Å². The zero-order chi connectivity index (χ0) is 12.7. The lowest BCUT2D eigenvalue weighted by molar-refractivity contribution is -0.117. The Bertz CT molecular complexity index is 387. The molecule has 0 saturated heterocycles. The molecule has 1 aromatic rings. The third-order valence-electron chi connectivity index (χ3n) is 2.10. The minimum Gasteiger partial charge on any atom is -0.383 e. The van der Waals surface area contributed by atoms with Crippen LogP contribution in [0.15, 0.2) is 34.8 Å². The largest absolute Gasteiger partial charge is 0.383 e. The molecule has 0 saturated carbocycles. The van der Waals surface area contributed by atoms with Crippen LogP contribution in [-0.4, -0.2) is 25.7 Å². The molecular formula is C13H16BrNO2. The van der Waals surface area contributed by atoms with Crippen molar-refractivity contribution < 1.29 is 9.53 Å². The highest BCUT2D eigenvalue weighted by atomic mass is 79.9. The van der Waals surface area contributed by atoms with Crippen molar-refractivity contribution in [2.45, 2.75) is 13.0 Å². The quantitative estimate of drug-likeness (QED) is 0.849. The molecule has 17 heavy (non-hydrogen) atoms. The summed E-state index contributed by atoms with van der Waals surface area (Å²) in [5.74, 6) is -0.113. The standard InChI is InChI=1S/C13H16BrNO2/c1-10(9-17-2)15-13(16)8-5-11-3-6-12(14)7-4-11/h3-8,10H,9H2,1-2H3,(H,15,16)/b8-5+/t10-/m1/s1. The SMILES string of the molecule is COC[C@@H](C)NC(=O)/C=C/c1ccc(Br)cc1. The van der Waals surface area contributed by atoms with E-state index in [0.29, 0.717) is 6.61 Å². The van der Waals surface area contributed by atoms with Crippen molar-refractivity contribution in [2.24, 2.45) is 0 Å². The molecule has 0 bridgehead atoms. The van der Waals surface area contributed by atoms with Crippen molar-refractivity contribution in [3.63, 3.8) is 0 Å². The van der Waals surface area contributed by atoms with Crippen molar-refractivity contribution >= 4 is 27.9 Å². The monoisotopic (exact) mass is 297 g/mol. The highest BCUT2D eigenvalue weighted by Crippen LogP contribution is 2.11. The maximum Gasteiger partial charge on any atom is 0.244 e. The van der Waals surface area contributed by atoms with Gasteiger partial charge in [0.15, 0.2) is 0 Å². The molecule has 1 aromatic carbocycles. The van der Waals surface area contributed by atoms with Crippen LogP contribution in [0.25, 0.3) is 6.08 Å². The number of carbonyl (C=O) groups excluding carboxylic acids is 1. The van der Waals surface area contributed by atoms with Crippen LogP contribution in [0.2, 0.25) is 0 Å². The number of rotatable bonds is 5. The Morgan fingerprint density at radius 1 is 1.47 bits per heavy atom. The molecule has 0 aliphatic heterocycles. The Morgan fingerprint density at radius 2 is 2.12 bits per heavy atom. The molecule has 0 aliphatic rings. The normalized spacial score (nSPS) is 12.6. The summed E-state index contributed by atoms with van der Waals surface area (Å²) in [4.78, 5) is 11.5. The topological polar surface area (TPSA) is 38.3 Å². The summed E-state index contributed by atoms with van der Waals surface area (Å²) in [6.45, 7) is 2.41. The van der Waals surface area contributed by atoms with Crippen LogP contribution < -0.4 is 5.32 Å². The van der Waals surface area contributed by atoms with Gasteiger partial charge in [-0.3, -0.25) is 4.79 Å². The second-order valence-corrected chi connectivity index (χ2v) is 4.67. The fourth-order valence-electron chi connectivity index (χ4n) is 1.33. The molecule has 0 spiro atoms. The first kappa shape index (κ1) is 13.9. The number of methoxy groups -OCH3 is 1. The van der Waals surface area contributed by atoms with Gasteiger partial charge in [0.25, 0.3) is 0 Å². The minimum atomic E-state index is -0.113. The average molecular weight is 298 g/mol. The zero-order valence-corrected chi connectivity index (χ0v) is 11.5. The van der Waals surface area contributed by atoms with Crippen LogP contribution in [0.3, 0.4) is 0 Å². The van der Waals surface area contributed by atoms with Gasteiger partial charge in [0.2, 0.25) is 5.91 Å². The van der Waals surface area contributed by atoms with E-state index in [1.165, 1.54) is 6.08 Å². The number of benzene rings is 1. The number of carbonyl (C=O) groups is 1. The van der Waals surface area contributed by atoms with Crippen LogP contribution in [0.4, 0.5) is 0 Å².